The molecule has 2 aromatic rings. The van der Waals surface area contributed by atoms with Crippen molar-refractivity contribution < 1.29 is 19.8 Å². The van der Waals surface area contributed by atoms with Crippen molar-refractivity contribution in [2.24, 2.45) is 13.0 Å². The van der Waals surface area contributed by atoms with Gasteiger partial charge < -0.3 is 20.1 Å². The second kappa shape index (κ2) is 7.73. The molecular weight excluding hydrogens is 298 g/mol. The Morgan fingerprint density at radius 3 is 2.39 bits per heavy atom. The number of rotatable bonds is 2. The molecule has 1 aliphatic rings. The van der Waals surface area contributed by atoms with Crippen LogP contribution < -0.4 is 5.32 Å². The van der Waals surface area contributed by atoms with Gasteiger partial charge in [-0.2, -0.15) is 0 Å². The highest BCUT2D eigenvalue weighted by atomic mass is 16.4. The van der Waals surface area contributed by atoms with Crippen LogP contribution >= 0.6 is 0 Å². The van der Waals surface area contributed by atoms with Crippen LogP contribution in [0, 0.1) is 5.92 Å². The van der Waals surface area contributed by atoms with Crippen molar-refractivity contribution in [3.63, 3.8) is 0 Å². The maximum absolute atomic E-state index is 9.10. The molecule has 1 aromatic carbocycles. The predicted molar refractivity (Wildman–Crippen MR) is 85.3 cm³/mol. The van der Waals surface area contributed by atoms with Crippen LogP contribution in [-0.2, 0) is 23.1 Å². The maximum Gasteiger partial charge on any atom is 0.414 e. The molecule has 124 valence electrons. The van der Waals surface area contributed by atoms with Crippen LogP contribution in [0.5, 0.6) is 0 Å². The van der Waals surface area contributed by atoms with Crippen molar-refractivity contribution in [2.75, 3.05) is 13.1 Å². The monoisotopic (exact) mass is 319 g/mol. The fourth-order valence-electron chi connectivity index (χ4n) is 2.72. The van der Waals surface area contributed by atoms with Gasteiger partial charge in [-0.25, -0.2) is 14.6 Å². The minimum absolute atomic E-state index is 0.798. The van der Waals surface area contributed by atoms with E-state index >= 15 is 0 Å². The SMILES string of the molecule is Cn1c(CC2CCNCC2)nc2ccccc21.O=C(O)C(=O)O. The van der Waals surface area contributed by atoms with Crippen molar-refractivity contribution >= 4 is 23.0 Å². The number of aromatic nitrogens is 2. The largest absolute Gasteiger partial charge is 0.473 e. The van der Waals surface area contributed by atoms with Crippen molar-refractivity contribution in [3.8, 4) is 0 Å². The summed E-state index contributed by atoms with van der Waals surface area (Å²) in [5.74, 6) is -1.62. The highest BCUT2D eigenvalue weighted by molar-refractivity contribution is 6.27. The summed E-state index contributed by atoms with van der Waals surface area (Å²) in [5, 5.41) is 18.2. The number of carbonyl (C=O) groups is 2. The summed E-state index contributed by atoms with van der Waals surface area (Å²) in [6, 6.07) is 8.39. The first kappa shape index (κ1) is 17.0. The van der Waals surface area contributed by atoms with Gasteiger partial charge in [0.25, 0.3) is 0 Å². The number of carboxylic acid groups (broad SMARTS) is 2. The van der Waals surface area contributed by atoms with Gasteiger partial charge in [0.1, 0.15) is 5.82 Å². The van der Waals surface area contributed by atoms with Gasteiger partial charge in [0.15, 0.2) is 0 Å². The molecule has 2 heterocycles. The topological polar surface area (TPSA) is 104 Å². The number of imidazole rings is 1. The molecule has 0 aliphatic carbocycles. The van der Waals surface area contributed by atoms with Gasteiger partial charge in [-0.1, -0.05) is 12.1 Å². The lowest BCUT2D eigenvalue weighted by Gasteiger charge is -2.22. The smallest absolute Gasteiger partial charge is 0.414 e. The summed E-state index contributed by atoms with van der Waals surface area (Å²) >= 11 is 0. The van der Waals surface area contributed by atoms with Gasteiger partial charge in [-0.15, -0.1) is 0 Å². The minimum atomic E-state index is -1.82. The predicted octanol–water partition coefficient (Wildman–Crippen LogP) is 1.27. The highest BCUT2D eigenvalue weighted by Gasteiger charge is 2.16. The number of nitrogens with zero attached hydrogens (tertiary/aromatic N) is 2. The number of hydrogen-bond acceptors (Lipinski definition) is 4. The molecule has 23 heavy (non-hydrogen) atoms. The molecule has 7 heteroatoms. The summed E-state index contributed by atoms with van der Waals surface area (Å²) in [6.45, 7) is 2.32. The third kappa shape index (κ3) is 4.53. The van der Waals surface area contributed by atoms with Crippen LogP contribution in [0.2, 0.25) is 0 Å². The average molecular weight is 319 g/mol. The second-order valence-electron chi connectivity index (χ2n) is 5.58. The van der Waals surface area contributed by atoms with Gasteiger partial charge in [0.2, 0.25) is 0 Å². The van der Waals surface area contributed by atoms with Crippen LogP contribution in [0.3, 0.4) is 0 Å². The fraction of sp³-hybridized carbons (Fsp3) is 0.438. The summed E-state index contributed by atoms with van der Waals surface area (Å²) in [5.41, 5.74) is 2.37. The van der Waals surface area contributed by atoms with Crippen LogP contribution in [0.25, 0.3) is 11.0 Å². The summed E-state index contributed by atoms with van der Waals surface area (Å²) in [6.07, 6.45) is 3.68. The molecule has 0 unspecified atom stereocenters. The Hall–Kier alpha value is -2.41. The summed E-state index contributed by atoms with van der Waals surface area (Å²) in [4.78, 5) is 22.9. The van der Waals surface area contributed by atoms with Crippen molar-refractivity contribution in [2.45, 2.75) is 19.3 Å². The number of piperidine rings is 1. The third-order valence-electron chi connectivity index (χ3n) is 3.99. The molecule has 1 aromatic heterocycles. The van der Waals surface area contributed by atoms with Crippen molar-refractivity contribution in [1.29, 1.82) is 0 Å². The van der Waals surface area contributed by atoms with E-state index in [-0.39, 0.29) is 0 Å². The molecule has 0 bridgehead atoms. The second-order valence-corrected chi connectivity index (χ2v) is 5.58. The number of carboxylic acids is 2. The molecule has 1 aliphatic heterocycles. The Bertz CT molecular complexity index is 678. The van der Waals surface area contributed by atoms with Gasteiger partial charge in [0, 0.05) is 13.5 Å². The Balaban J connectivity index is 0.000000277. The zero-order valence-corrected chi connectivity index (χ0v) is 13.0. The zero-order valence-electron chi connectivity index (χ0n) is 13.0. The van der Waals surface area contributed by atoms with Crippen LogP contribution in [0.1, 0.15) is 18.7 Å². The van der Waals surface area contributed by atoms with E-state index in [1.54, 1.807) is 0 Å². The molecule has 1 fully saturated rings. The van der Waals surface area contributed by atoms with Crippen molar-refractivity contribution in [3.05, 3.63) is 30.1 Å². The molecule has 3 N–H and O–H groups in total. The minimum Gasteiger partial charge on any atom is -0.473 e. The van der Waals surface area contributed by atoms with E-state index < -0.39 is 11.9 Å². The number of fused-ring (bicyclic) bond motifs is 1. The van der Waals surface area contributed by atoms with Gasteiger partial charge in [-0.3, -0.25) is 0 Å². The first-order valence-electron chi connectivity index (χ1n) is 7.56. The molecular formula is C16H21N3O4. The van der Waals surface area contributed by atoms with Gasteiger partial charge in [0.05, 0.1) is 11.0 Å². The Morgan fingerprint density at radius 2 is 1.83 bits per heavy atom. The zero-order chi connectivity index (χ0) is 16.8. The molecule has 1 saturated heterocycles. The number of para-hydroxylation sites is 2. The van der Waals surface area contributed by atoms with Gasteiger partial charge >= 0.3 is 11.9 Å². The van der Waals surface area contributed by atoms with Crippen LogP contribution in [0.4, 0.5) is 0 Å². The normalized spacial score (nSPS) is 15.0. The number of aliphatic carboxylic acids is 2. The Morgan fingerprint density at radius 1 is 1.22 bits per heavy atom. The quantitative estimate of drug-likeness (QED) is 0.720. The average Bonchev–Trinajstić information content (AvgIpc) is 2.85. The van der Waals surface area contributed by atoms with E-state index in [2.05, 4.69) is 41.2 Å². The molecule has 0 amide bonds. The van der Waals surface area contributed by atoms with E-state index in [0.717, 1.165) is 30.9 Å². The molecule has 0 radical (unpaired) electrons. The van der Waals surface area contributed by atoms with E-state index in [4.69, 9.17) is 24.8 Å². The summed E-state index contributed by atoms with van der Waals surface area (Å²) < 4.78 is 2.25. The fourth-order valence-corrected chi connectivity index (χ4v) is 2.72. The Kier molecular flexibility index (Phi) is 5.70. The first-order chi connectivity index (χ1) is 11.0. The number of aryl methyl sites for hydroxylation is 1. The van der Waals surface area contributed by atoms with Gasteiger partial charge in [-0.05, 0) is 44.0 Å². The summed E-state index contributed by atoms with van der Waals surface area (Å²) in [7, 11) is 2.13. The van der Waals surface area contributed by atoms with E-state index in [9.17, 15) is 0 Å². The maximum atomic E-state index is 9.10. The number of hydrogen-bond donors (Lipinski definition) is 3. The Labute approximate surface area is 133 Å². The molecule has 7 nitrogen and oxygen atoms in total. The van der Waals surface area contributed by atoms with Crippen molar-refractivity contribution in [1.82, 2.24) is 14.9 Å². The van der Waals surface area contributed by atoms with Crippen LogP contribution in [0.15, 0.2) is 24.3 Å². The number of benzene rings is 1. The van der Waals surface area contributed by atoms with E-state index in [1.807, 2.05) is 0 Å². The first-order valence-corrected chi connectivity index (χ1v) is 7.56. The van der Waals surface area contributed by atoms with E-state index in [1.165, 1.54) is 24.2 Å². The van der Waals surface area contributed by atoms with Crippen LogP contribution in [-0.4, -0.2) is 44.8 Å². The lowest BCUT2D eigenvalue weighted by Crippen LogP contribution is -2.29. The lowest BCUT2D eigenvalue weighted by atomic mass is 9.94. The molecule has 0 atom stereocenters. The molecule has 0 saturated carbocycles. The third-order valence-corrected chi connectivity index (χ3v) is 3.99. The lowest BCUT2D eigenvalue weighted by molar-refractivity contribution is -0.159. The standard InChI is InChI=1S/C14H19N3.C2H2O4/c1-17-13-5-3-2-4-12(13)16-14(17)10-11-6-8-15-9-7-11;3-1(4)2(5)6/h2-5,11,15H,6-10H2,1H3;(H,3,4)(H,5,6). The molecule has 0 spiro atoms. The van der Waals surface area contributed by atoms with E-state index in [0.29, 0.717) is 0 Å². The number of nitrogens with one attached hydrogen (secondary N) is 1. The highest BCUT2D eigenvalue weighted by Crippen LogP contribution is 2.20. The molecule has 3 rings (SSSR count).